The molecule has 80 valence electrons. The molecule has 1 aromatic heterocycles. The summed E-state index contributed by atoms with van der Waals surface area (Å²) in [5.74, 6) is 0. The number of alkyl halides is 1. The van der Waals surface area contributed by atoms with Crippen molar-refractivity contribution in [2.45, 2.75) is 24.6 Å². The molecule has 2 rings (SSSR count). The SMILES string of the molecule is CCCC(Br)c1cccc2sc(=S)[nH]c12. The Bertz CT molecular complexity index is 515. The van der Waals surface area contributed by atoms with Crippen LogP contribution in [0.1, 0.15) is 30.2 Å². The number of hydrogen-bond acceptors (Lipinski definition) is 2. The second-order valence-electron chi connectivity index (χ2n) is 3.49. The Kier molecular flexibility index (Phi) is 3.59. The minimum Gasteiger partial charge on any atom is -0.337 e. The van der Waals surface area contributed by atoms with Gasteiger partial charge in [0.2, 0.25) is 0 Å². The second-order valence-corrected chi connectivity index (χ2v) is 6.32. The number of hydrogen-bond donors (Lipinski definition) is 1. The maximum Gasteiger partial charge on any atom is 0.159 e. The lowest BCUT2D eigenvalue weighted by Crippen LogP contribution is -1.90. The molecule has 0 bridgehead atoms. The third-order valence-corrected chi connectivity index (χ3v) is 4.52. The number of aromatic amines is 1. The van der Waals surface area contributed by atoms with Crippen LogP contribution in [0.4, 0.5) is 0 Å². The molecule has 0 spiro atoms. The molecule has 1 atom stereocenters. The standard InChI is InChI=1S/C11H12BrNS2/c1-2-4-8(12)7-5-3-6-9-10(7)13-11(14)15-9/h3,5-6,8H,2,4H2,1H3,(H,13,14). The van der Waals surface area contributed by atoms with Crippen LogP contribution in [-0.4, -0.2) is 4.98 Å². The number of fused-ring (bicyclic) bond motifs is 1. The average molecular weight is 302 g/mol. The van der Waals surface area contributed by atoms with Gasteiger partial charge in [0.1, 0.15) is 0 Å². The van der Waals surface area contributed by atoms with Gasteiger partial charge in [0.05, 0.1) is 10.2 Å². The first kappa shape index (κ1) is 11.3. The van der Waals surface area contributed by atoms with Crippen molar-refractivity contribution in [1.29, 1.82) is 0 Å². The highest BCUT2D eigenvalue weighted by Crippen LogP contribution is 2.34. The van der Waals surface area contributed by atoms with Crippen molar-refractivity contribution in [2.24, 2.45) is 0 Å². The van der Waals surface area contributed by atoms with E-state index < -0.39 is 0 Å². The van der Waals surface area contributed by atoms with E-state index in [2.05, 4.69) is 46.0 Å². The normalized spacial score (nSPS) is 13.2. The molecular formula is C11H12BrNS2. The van der Waals surface area contributed by atoms with Crippen molar-refractivity contribution >= 4 is 49.7 Å². The molecule has 15 heavy (non-hydrogen) atoms. The molecule has 0 amide bonds. The van der Waals surface area contributed by atoms with E-state index in [1.54, 1.807) is 11.3 Å². The third-order valence-electron chi connectivity index (χ3n) is 2.37. The number of thiazole rings is 1. The molecule has 0 aliphatic carbocycles. The largest absolute Gasteiger partial charge is 0.337 e. The van der Waals surface area contributed by atoms with Gasteiger partial charge in [0.15, 0.2) is 3.95 Å². The Labute approximate surface area is 107 Å². The summed E-state index contributed by atoms with van der Waals surface area (Å²) in [4.78, 5) is 3.69. The predicted molar refractivity (Wildman–Crippen MR) is 73.6 cm³/mol. The predicted octanol–water partition coefficient (Wildman–Crippen LogP) is 5.19. The zero-order valence-corrected chi connectivity index (χ0v) is 11.6. The lowest BCUT2D eigenvalue weighted by atomic mass is 10.1. The highest BCUT2D eigenvalue weighted by molar-refractivity contribution is 9.09. The van der Waals surface area contributed by atoms with Crippen LogP contribution >= 0.6 is 39.5 Å². The van der Waals surface area contributed by atoms with Gasteiger partial charge in [0.25, 0.3) is 0 Å². The number of rotatable bonds is 3. The van der Waals surface area contributed by atoms with Crippen LogP contribution in [0.2, 0.25) is 0 Å². The molecule has 1 unspecified atom stereocenters. The van der Waals surface area contributed by atoms with Crippen LogP contribution in [0.25, 0.3) is 10.2 Å². The molecular weight excluding hydrogens is 290 g/mol. The zero-order valence-electron chi connectivity index (χ0n) is 8.42. The number of benzene rings is 1. The fourth-order valence-corrected chi connectivity index (χ4v) is 3.65. The first-order chi connectivity index (χ1) is 7.22. The molecule has 2 aromatic rings. The van der Waals surface area contributed by atoms with Crippen LogP contribution in [0.15, 0.2) is 18.2 Å². The second kappa shape index (κ2) is 4.76. The molecule has 0 fully saturated rings. The molecule has 1 N–H and O–H groups in total. The van der Waals surface area contributed by atoms with Crippen LogP contribution in [0.3, 0.4) is 0 Å². The van der Waals surface area contributed by atoms with Crippen molar-refractivity contribution in [3.8, 4) is 0 Å². The molecule has 1 nitrogen and oxygen atoms in total. The van der Waals surface area contributed by atoms with E-state index in [9.17, 15) is 0 Å². The molecule has 0 saturated carbocycles. The number of H-pyrrole nitrogens is 1. The maximum absolute atomic E-state index is 5.17. The lowest BCUT2D eigenvalue weighted by Gasteiger charge is -2.09. The first-order valence-electron chi connectivity index (χ1n) is 4.98. The highest BCUT2D eigenvalue weighted by Gasteiger charge is 2.11. The lowest BCUT2D eigenvalue weighted by molar-refractivity contribution is 0.791. The Morgan fingerprint density at radius 2 is 2.33 bits per heavy atom. The summed E-state index contributed by atoms with van der Waals surface area (Å²) in [7, 11) is 0. The fourth-order valence-electron chi connectivity index (χ4n) is 1.66. The van der Waals surface area contributed by atoms with Crippen molar-refractivity contribution < 1.29 is 0 Å². The van der Waals surface area contributed by atoms with Gasteiger partial charge in [-0.1, -0.05) is 41.4 Å². The van der Waals surface area contributed by atoms with Crippen molar-refractivity contribution in [1.82, 2.24) is 4.98 Å². The van der Waals surface area contributed by atoms with Crippen LogP contribution in [0, 0.1) is 3.95 Å². The highest BCUT2D eigenvalue weighted by atomic mass is 79.9. The topological polar surface area (TPSA) is 15.8 Å². The summed E-state index contributed by atoms with van der Waals surface area (Å²) >= 11 is 10.5. The van der Waals surface area contributed by atoms with Crippen LogP contribution in [0.5, 0.6) is 0 Å². The fraction of sp³-hybridized carbons (Fsp3) is 0.364. The number of halogens is 1. The van der Waals surface area contributed by atoms with E-state index in [1.165, 1.54) is 22.2 Å². The average Bonchev–Trinajstić information content (AvgIpc) is 2.57. The summed E-state index contributed by atoms with van der Waals surface area (Å²) in [5.41, 5.74) is 2.52. The van der Waals surface area contributed by atoms with E-state index in [0.717, 1.165) is 10.4 Å². The number of para-hydroxylation sites is 1. The Hall–Kier alpha value is -0.190. The van der Waals surface area contributed by atoms with Gasteiger partial charge in [-0.05, 0) is 30.3 Å². The van der Waals surface area contributed by atoms with E-state index in [1.807, 2.05) is 0 Å². The minimum absolute atomic E-state index is 0.423. The third kappa shape index (κ3) is 2.32. The molecule has 0 radical (unpaired) electrons. The van der Waals surface area contributed by atoms with E-state index >= 15 is 0 Å². The van der Waals surface area contributed by atoms with Gasteiger partial charge in [-0.15, -0.1) is 11.3 Å². The van der Waals surface area contributed by atoms with Gasteiger partial charge >= 0.3 is 0 Å². The Morgan fingerprint density at radius 1 is 1.53 bits per heavy atom. The van der Waals surface area contributed by atoms with E-state index in [-0.39, 0.29) is 0 Å². The van der Waals surface area contributed by atoms with Gasteiger partial charge in [-0.3, -0.25) is 0 Å². The first-order valence-corrected chi connectivity index (χ1v) is 7.12. The minimum atomic E-state index is 0.423. The van der Waals surface area contributed by atoms with E-state index in [0.29, 0.717) is 4.83 Å². The monoisotopic (exact) mass is 301 g/mol. The summed E-state index contributed by atoms with van der Waals surface area (Å²) in [6, 6.07) is 6.37. The van der Waals surface area contributed by atoms with Crippen LogP contribution < -0.4 is 0 Å². The molecule has 1 aromatic carbocycles. The summed E-state index contributed by atoms with van der Waals surface area (Å²) in [6.07, 6.45) is 2.33. The van der Waals surface area contributed by atoms with Crippen molar-refractivity contribution in [3.05, 3.63) is 27.7 Å². The van der Waals surface area contributed by atoms with Gasteiger partial charge in [0, 0.05) is 4.83 Å². The zero-order chi connectivity index (χ0) is 10.8. The summed E-state index contributed by atoms with van der Waals surface area (Å²) in [6.45, 7) is 2.20. The van der Waals surface area contributed by atoms with E-state index in [4.69, 9.17) is 12.2 Å². The summed E-state index contributed by atoms with van der Waals surface area (Å²) < 4.78 is 2.10. The molecule has 0 saturated heterocycles. The molecule has 0 aliphatic heterocycles. The van der Waals surface area contributed by atoms with Gasteiger partial charge in [-0.25, -0.2) is 0 Å². The molecule has 1 heterocycles. The number of nitrogens with one attached hydrogen (secondary N) is 1. The molecule has 4 heteroatoms. The van der Waals surface area contributed by atoms with Crippen molar-refractivity contribution in [3.63, 3.8) is 0 Å². The Morgan fingerprint density at radius 3 is 3.07 bits per heavy atom. The molecule has 0 aliphatic rings. The van der Waals surface area contributed by atoms with Gasteiger partial charge < -0.3 is 4.98 Å². The quantitative estimate of drug-likeness (QED) is 0.609. The maximum atomic E-state index is 5.17. The number of aromatic nitrogens is 1. The van der Waals surface area contributed by atoms with Gasteiger partial charge in [-0.2, -0.15) is 0 Å². The Balaban J connectivity index is 2.54. The van der Waals surface area contributed by atoms with Crippen molar-refractivity contribution in [2.75, 3.05) is 0 Å². The smallest absolute Gasteiger partial charge is 0.159 e. The van der Waals surface area contributed by atoms with Crippen LogP contribution in [-0.2, 0) is 0 Å². The summed E-state index contributed by atoms with van der Waals surface area (Å²) in [5, 5.41) is 0.